The molecule has 1 amide bonds. The Kier molecular flexibility index (Phi) is 5.52. The molecule has 1 fully saturated rings. The van der Waals surface area contributed by atoms with Crippen LogP contribution < -0.4 is 20.7 Å². The Bertz CT molecular complexity index is 740. The average Bonchev–Trinajstić information content (AvgIpc) is 2.95. The molecular formula is C17H20Br2N4O2. The third-order valence-corrected chi connectivity index (χ3v) is 5.47. The molecule has 0 radical (unpaired) electrons. The SMILES string of the molecule is CNC1NC2=C(Cc3cc(Br)c(OC)c(Br)c3)C(=O)N(C)C=CC2N1. The third-order valence-electron chi connectivity index (χ3n) is 4.29. The van der Waals surface area contributed by atoms with Crippen molar-refractivity contribution >= 4 is 37.8 Å². The van der Waals surface area contributed by atoms with Crippen molar-refractivity contribution in [2.75, 3.05) is 21.2 Å². The molecule has 0 aliphatic carbocycles. The normalized spacial score (nSPS) is 22.8. The van der Waals surface area contributed by atoms with E-state index in [4.69, 9.17) is 4.74 Å². The highest BCUT2D eigenvalue weighted by Crippen LogP contribution is 2.35. The Morgan fingerprint density at radius 3 is 2.60 bits per heavy atom. The Labute approximate surface area is 163 Å². The summed E-state index contributed by atoms with van der Waals surface area (Å²) in [5.41, 5.74) is 2.67. The van der Waals surface area contributed by atoms with Gasteiger partial charge >= 0.3 is 0 Å². The van der Waals surface area contributed by atoms with Gasteiger partial charge in [0.1, 0.15) is 12.0 Å². The van der Waals surface area contributed by atoms with Gasteiger partial charge in [-0.15, -0.1) is 0 Å². The molecule has 0 bridgehead atoms. The summed E-state index contributed by atoms with van der Waals surface area (Å²) in [6.45, 7) is 0. The summed E-state index contributed by atoms with van der Waals surface area (Å²) >= 11 is 7.05. The fourth-order valence-electron chi connectivity index (χ4n) is 3.03. The lowest BCUT2D eigenvalue weighted by atomic mass is 10.00. The molecule has 2 aliphatic rings. The lowest BCUT2D eigenvalue weighted by Crippen LogP contribution is -2.44. The highest BCUT2D eigenvalue weighted by Gasteiger charge is 2.33. The van der Waals surface area contributed by atoms with Gasteiger partial charge < -0.3 is 15.0 Å². The molecule has 0 aromatic heterocycles. The Balaban J connectivity index is 2.00. The van der Waals surface area contributed by atoms with Crippen LogP contribution in [0.15, 0.2) is 44.6 Å². The van der Waals surface area contributed by atoms with E-state index in [-0.39, 0.29) is 18.2 Å². The van der Waals surface area contributed by atoms with Crippen LogP contribution in [0, 0.1) is 0 Å². The molecule has 2 atom stereocenters. The van der Waals surface area contributed by atoms with E-state index in [9.17, 15) is 4.79 Å². The van der Waals surface area contributed by atoms with Crippen LogP contribution in [0.25, 0.3) is 0 Å². The van der Waals surface area contributed by atoms with E-state index in [1.165, 1.54) is 0 Å². The first kappa shape index (κ1) is 18.4. The van der Waals surface area contributed by atoms with Crippen molar-refractivity contribution in [3.63, 3.8) is 0 Å². The van der Waals surface area contributed by atoms with Crippen molar-refractivity contribution in [3.8, 4) is 5.75 Å². The molecule has 0 spiro atoms. The van der Waals surface area contributed by atoms with Crippen molar-refractivity contribution in [1.82, 2.24) is 20.9 Å². The second-order valence-electron chi connectivity index (χ2n) is 5.93. The molecule has 134 valence electrons. The number of fused-ring (bicyclic) bond motifs is 1. The summed E-state index contributed by atoms with van der Waals surface area (Å²) in [4.78, 5) is 14.5. The molecule has 25 heavy (non-hydrogen) atoms. The topological polar surface area (TPSA) is 65.6 Å². The standard InChI is InChI=1S/C17H20Br2N4O2/c1-20-17-21-13-4-5-23(2)16(24)10(14(13)22-17)6-9-7-11(18)15(25-3)12(19)8-9/h4-5,7-8,13,17,20-22H,6H2,1-3H3. The van der Waals surface area contributed by atoms with Gasteiger partial charge in [0, 0.05) is 30.9 Å². The van der Waals surface area contributed by atoms with Gasteiger partial charge in [-0.05, 0) is 62.7 Å². The fraction of sp³-hybridized carbons (Fsp3) is 0.353. The van der Waals surface area contributed by atoms with Crippen LogP contribution in [-0.2, 0) is 11.2 Å². The largest absolute Gasteiger partial charge is 0.494 e. The van der Waals surface area contributed by atoms with Gasteiger partial charge in [-0.3, -0.25) is 15.4 Å². The quantitative estimate of drug-likeness (QED) is 0.627. The molecule has 1 aromatic rings. The van der Waals surface area contributed by atoms with Gasteiger partial charge in [0.25, 0.3) is 5.91 Å². The minimum atomic E-state index is -0.0646. The van der Waals surface area contributed by atoms with Crippen molar-refractivity contribution in [2.45, 2.75) is 18.8 Å². The van der Waals surface area contributed by atoms with Gasteiger partial charge in [-0.1, -0.05) is 0 Å². The summed E-state index contributed by atoms with van der Waals surface area (Å²) in [5, 5.41) is 9.90. The number of carbonyl (C=O) groups excluding carboxylic acids is 1. The molecule has 1 saturated heterocycles. The summed E-state index contributed by atoms with van der Waals surface area (Å²) < 4.78 is 7.05. The number of benzene rings is 1. The van der Waals surface area contributed by atoms with E-state index in [1.54, 1.807) is 19.1 Å². The maximum Gasteiger partial charge on any atom is 0.255 e. The number of rotatable bonds is 4. The van der Waals surface area contributed by atoms with Gasteiger partial charge in [-0.25, -0.2) is 0 Å². The molecule has 0 saturated carbocycles. The highest BCUT2D eigenvalue weighted by atomic mass is 79.9. The molecule has 3 rings (SSSR count). The predicted octanol–water partition coefficient (Wildman–Crippen LogP) is 2.07. The van der Waals surface area contributed by atoms with Crippen LogP contribution in [0.1, 0.15) is 5.56 Å². The Hall–Kier alpha value is -1.35. The molecule has 2 heterocycles. The van der Waals surface area contributed by atoms with Crippen LogP contribution >= 0.6 is 31.9 Å². The summed E-state index contributed by atoms with van der Waals surface area (Å²) in [5.74, 6) is 0.726. The Morgan fingerprint density at radius 1 is 1.32 bits per heavy atom. The molecule has 2 unspecified atom stereocenters. The number of hydrogen-bond donors (Lipinski definition) is 3. The van der Waals surface area contributed by atoms with Gasteiger partial charge in [0.2, 0.25) is 0 Å². The number of likely N-dealkylation sites (N-methyl/N-ethyl adjacent to an activating group) is 1. The van der Waals surface area contributed by atoms with E-state index in [1.807, 2.05) is 31.5 Å². The van der Waals surface area contributed by atoms with Crippen LogP contribution in [0.3, 0.4) is 0 Å². The van der Waals surface area contributed by atoms with E-state index in [0.717, 1.165) is 31.5 Å². The van der Waals surface area contributed by atoms with Crippen LogP contribution in [0.5, 0.6) is 5.75 Å². The van der Waals surface area contributed by atoms with Gasteiger partial charge in [-0.2, -0.15) is 0 Å². The number of carbonyl (C=O) groups is 1. The van der Waals surface area contributed by atoms with Gasteiger partial charge in [0.15, 0.2) is 0 Å². The monoisotopic (exact) mass is 470 g/mol. The maximum absolute atomic E-state index is 12.9. The lowest BCUT2D eigenvalue weighted by Gasteiger charge is -2.17. The van der Waals surface area contributed by atoms with E-state index in [0.29, 0.717) is 6.42 Å². The first-order valence-electron chi connectivity index (χ1n) is 7.85. The van der Waals surface area contributed by atoms with Crippen molar-refractivity contribution in [3.05, 3.63) is 50.2 Å². The van der Waals surface area contributed by atoms with E-state index >= 15 is 0 Å². The summed E-state index contributed by atoms with van der Waals surface area (Å²) in [7, 11) is 5.27. The second-order valence-corrected chi connectivity index (χ2v) is 7.64. The van der Waals surface area contributed by atoms with Crippen molar-refractivity contribution in [1.29, 1.82) is 0 Å². The van der Waals surface area contributed by atoms with Gasteiger partial charge in [0.05, 0.1) is 22.1 Å². The Morgan fingerprint density at radius 2 is 2.00 bits per heavy atom. The molecule has 2 aliphatic heterocycles. The van der Waals surface area contributed by atoms with Crippen LogP contribution in [0.2, 0.25) is 0 Å². The maximum atomic E-state index is 12.9. The highest BCUT2D eigenvalue weighted by molar-refractivity contribution is 9.11. The second kappa shape index (κ2) is 7.49. The van der Waals surface area contributed by atoms with Crippen molar-refractivity contribution in [2.24, 2.45) is 0 Å². The number of amides is 1. The predicted molar refractivity (Wildman–Crippen MR) is 104 cm³/mol. The number of halogens is 2. The van der Waals surface area contributed by atoms with Crippen LogP contribution in [-0.4, -0.2) is 44.3 Å². The average molecular weight is 472 g/mol. The first-order valence-corrected chi connectivity index (χ1v) is 9.43. The molecule has 3 N–H and O–H groups in total. The zero-order valence-electron chi connectivity index (χ0n) is 14.2. The van der Waals surface area contributed by atoms with Crippen molar-refractivity contribution < 1.29 is 9.53 Å². The number of nitrogens with zero attached hydrogens (tertiary/aromatic N) is 1. The number of ether oxygens (including phenoxy) is 1. The first-order chi connectivity index (χ1) is 11.9. The number of hydrogen-bond acceptors (Lipinski definition) is 5. The van der Waals surface area contributed by atoms with Crippen LogP contribution in [0.4, 0.5) is 0 Å². The molecular weight excluding hydrogens is 452 g/mol. The minimum absolute atomic E-state index is 0.0112. The fourth-order valence-corrected chi connectivity index (χ4v) is 4.63. The smallest absolute Gasteiger partial charge is 0.255 e. The zero-order valence-corrected chi connectivity index (χ0v) is 17.4. The molecule has 6 nitrogen and oxygen atoms in total. The summed E-state index contributed by atoms with van der Waals surface area (Å²) in [6, 6.07) is 3.94. The lowest BCUT2D eigenvalue weighted by molar-refractivity contribution is -0.123. The molecule has 8 heteroatoms. The third kappa shape index (κ3) is 3.62. The number of methoxy groups -OCH3 is 1. The summed E-state index contributed by atoms with van der Waals surface area (Å²) in [6.07, 6.45) is 4.25. The van der Waals surface area contributed by atoms with E-state index < -0.39 is 0 Å². The van der Waals surface area contributed by atoms with E-state index in [2.05, 4.69) is 47.8 Å². The molecule has 1 aromatic carbocycles. The minimum Gasteiger partial charge on any atom is -0.494 e. The zero-order chi connectivity index (χ0) is 18.1. The number of nitrogens with one attached hydrogen (secondary N) is 3.